The molecule has 0 spiro atoms. The van der Waals surface area contributed by atoms with Gasteiger partial charge in [0, 0.05) is 5.75 Å². The predicted molar refractivity (Wildman–Crippen MR) is 65.2 cm³/mol. The van der Waals surface area contributed by atoms with Gasteiger partial charge in [-0.1, -0.05) is 29.1 Å². The number of benzene rings is 1. The van der Waals surface area contributed by atoms with E-state index in [2.05, 4.69) is 16.2 Å². The molecular formula is C10H10N2OS2. The highest BCUT2D eigenvalue weighted by molar-refractivity contribution is 8.01. The summed E-state index contributed by atoms with van der Waals surface area (Å²) in [6.45, 7) is 1.79. The fourth-order valence-corrected chi connectivity index (χ4v) is 3.04. The van der Waals surface area contributed by atoms with Gasteiger partial charge in [-0.05, 0) is 19.1 Å². The lowest BCUT2D eigenvalue weighted by molar-refractivity contribution is 0.318. The lowest BCUT2D eigenvalue weighted by atomic mass is 10.3. The van der Waals surface area contributed by atoms with Crippen molar-refractivity contribution >= 4 is 39.0 Å². The molecule has 0 aliphatic carbocycles. The summed E-state index contributed by atoms with van der Waals surface area (Å²) in [7, 11) is 0. The maximum Gasteiger partial charge on any atom is 0.151 e. The van der Waals surface area contributed by atoms with Crippen molar-refractivity contribution in [2.75, 3.05) is 5.75 Å². The zero-order chi connectivity index (χ0) is 10.7. The molecule has 0 aliphatic heterocycles. The van der Waals surface area contributed by atoms with Crippen molar-refractivity contribution < 1.29 is 5.21 Å². The minimum Gasteiger partial charge on any atom is -0.411 e. The third kappa shape index (κ3) is 2.49. The first-order chi connectivity index (χ1) is 7.29. The zero-order valence-corrected chi connectivity index (χ0v) is 9.81. The lowest BCUT2D eigenvalue weighted by Gasteiger charge is -1.93. The van der Waals surface area contributed by atoms with Crippen molar-refractivity contribution in [2.24, 2.45) is 5.16 Å². The summed E-state index contributed by atoms with van der Waals surface area (Å²) in [4.78, 5) is 4.46. The standard InChI is InChI=1S/C10H10N2OS2/c1-7(12-13)6-14-10-11-8-4-2-3-5-9(8)15-10/h2-5,13H,6H2,1H3/b12-7+. The smallest absolute Gasteiger partial charge is 0.151 e. The predicted octanol–water partition coefficient (Wildman–Crippen LogP) is 3.24. The Labute approximate surface area is 95.8 Å². The van der Waals surface area contributed by atoms with Gasteiger partial charge in [-0.2, -0.15) is 0 Å². The second kappa shape index (κ2) is 4.63. The summed E-state index contributed by atoms with van der Waals surface area (Å²) in [5, 5.41) is 11.6. The summed E-state index contributed by atoms with van der Waals surface area (Å²) in [5.41, 5.74) is 1.74. The molecule has 1 heterocycles. The van der Waals surface area contributed by atoms with E-state index in [-0.39, 0.29) is 0 Å². The average molecular weight is 238 g/mol. The average Bonchev–Trinajstić information content (AvgIpc) is 2.68. The summed E-state index contributed by atoms with van der Waals surface area (Å²) in [6.07, 6.45) is 0. The third-order valence-electron chi connectivity index (χ3n) is 1.85. The summed E-state index contributed by atoms with van der Waals surface area (Å²) in [6, 6.07) is 8.05. The first-order valence-corrected chi connectivity index (χ1v) is 6.25. The minimum atomic E-state index is 0.677. The first-order valence-electron chi connectivity index (χ1n) is 4.45. The van der Waals surface area contributed by atoms with Gasteiger partial charge in [-0.15, -0.1) is 11.3 Å². The number of rotatable bonds is 3. The van der Waals surface area contributed by atoms with Crippen LogP contribution in [0.15, 0.2) is 33.8 Å². The van der Waals surface area contributed by atoms with E-state index in [1.165, 1.54) is 4.70 Å². The Kier molecular flexibility index (Phi) is 3.23. The number of aromatic nitrogens is 1. The molecule has 0 radical (unpaired) electrons. The SMILES string of the molecule is C/C(CSc1nc2ccccc2s1)=N\O. The number of hydrogen-bond donors (Lipinski definition) is 1. The van der Waals surface area contributed by atoms with Crippen LogP contribution >= 0.6 is 23.1 Å². The molecule has 0 unspecified atom stereocenters. The highest BCUT2D eigenvalue weighted by Crippen LogP contribution is 2.29. The van der Waals surface area contributed by atoms with E-state index in [1.54, 1.807) is 30.0 Å². The van der Waals surface area contributed by atoms with Crippen LogP contribution in [0.2, 0.25) is 0 Å². The summed E-state index contributed by atoms with van der Waals surface area (Å²) < 4.78 is 2.21. The zero-order valence-electron chi connectivity index (χ0n) is 8.17. The minimum absolute atomic E-state index is 0.677. The molecule has 0 aliphatic rings. The summed E-state index contributed by atoms with van der Waals surface area (Å²) >= 11 is 3.26. The molecule has 0 fully saturated rings. The van der Waals surface area contributed by atoms with Crippen molar-refractivity contribution in [2.45, 2.75) is 11.3 Å². The van der Waals surface area contributed by atoms with Gasteiger partial charge in [0.15, 0.2) is 4.34 Å². The first kappa shape index (κ1) is 10.4. The Balaban J connectivity index is 2.15. The maximum atomic E-state index is 8.51. The molecule has 3 nitrogen and oxygen atoms in total. The topological polar surface area (TPSA) is 45.5 Å². The number of fused-ring (bicyclic) bond motifs is 1. The maximum absolute atomic E-state index is 8.51. The van der Waals surface area contributed by atoms with E-state index in [0.717, 1.165) is 9.86 Å². The van der Waals surface area contributed by atoms with Gasteiger partial charge in [0.25, 0.3) is 0 Å². The van der Waals surface area contributed by atoms with Crippen molar-refractivity contribution in [3.05, 3.63) is 24.3 Å². The van der Waals surface area contributed by atoms with Crippen LogP contribution in [0.5, 0.6) is 0 Å². The molecule has 0 atom stereocenters. The van der Waals surface area contributed by atoms with Crippen molar-refractivity contribution in [1.29, 1.82) is 0 Å². The normalized spacial score (nSPS) is 12.2. The van der Waals surface area contributed by atoms with Crippen LogP contribution in [0.4, 0.5) is 0 Å². The Hall–Kier alpha value is -1.07. The number of hydrogen-bond acceptors (Lipinski definition) is 5. The fourth-order valence-electron chi connectivity index (χ4n) is 1.11. The molecule has 78 valence electrons. The molecule has 5 heteroatoms. The summed E-state index contributed by atoms with van der Waals surface area (Å²) in [5.74, 6) is 0.677. The molecule has 0 saturated heterocycles. The van der Waals surface area contributed by atoms with Crippen LogP contribution in [0.1, 0.15) is 6.92 Å². The Morgan fingerprint density at radius 3 is 3.07 bits per heavy atom. The van der Waals surface area contributed by atoms with Gasteiger partial charge >= 0.3 is 0 Å². The monoisotopic (exact) mass is 238 g/mol. The largest absolute Gasteiger partial charge is 0.411 e. The van der Waals surface area contributed by atoms with Crippen LogP contribution in [0.25, 0.3) is 10.2 Å². The molecule has 1 aromatic carbocycles. The molecule has 2 rings (SSSR count). The molecular weight excluding hydrogens is 228 g/mol. The van der Waals surface area contributed by atoms with Crippen LogP contribution in [0, 0.1) is 0 Å². The second-order valence-corrected chi connectivity index (χ2v) is 5.32. The molecule has 2 aromatic rings. The number of thiazole rings is 1. The van der Waals surface area contributed by atoms with Crippen LogP contribution in [-0.4, -0.2) is 21.7 Å². The van der Waals surface area contributed by atoms with E-state index in [0.29, 0.717) is 11.5 Å². The van der Waals surface area contributed by atoms with Gasteiger partial charge < -0.3 is 5.21 Å². The van der Waals surface area contributed by atoms with Gasteiger partial charge in [0.2, 0.25) is 0 Å². The van der Waals surface area contributed by atoms with E-state index in [9.17, 15) is 0 Å². The Bertz CT molecular complexity index is 460. The van der Waals surface area contributed by atoms with Gasteiger partial charge in [0.05, 0.1) is 15.9 Å². The molecule has 0 amide bonds. The number of nitrogens with zero attached hydrogens (tertiary/aromatic N) is 2. The van der Waals surface area contributed by atoms with Crippen LogP contribution < -0.4 is 0 Å². The molecule has 1 N–H and O–H groups in total. The quantitative estimate of drug-likeness (QED) is 0.386. The highest BCUT2D eigenvalue weighted by Gasteiger charge is 2.03. The number of thioether (sulfide) groups is 1. The lowest BCUT2D eigenvalue weighted by Crippen LogP contribution is -1.93. The fraction of sp³-hybridized carbons (Fsp3) is 0.200. The molecule has 0 saturated carbocycles. The molecule has 0 bridgehead atoms. The Morgan fingerprint density at radius 1 is 1.53 bits per heavy atom. The van der Waals surface area contributed by atoms with Crippen molar-refractivity contribution in [3.8, 4) is 0 Å². The third-order valence-corrected chi connectivity index (χ3v) is 4.18. The van der Waals surface area contributed by atoms with Gasteiger partial charge in [-0.25, -0.2) is 4.98 Å². The van der Waals surface area contributed by atoms with E-state index in [4.69, 9.17) is 5.21 Å². The Morgan fingerprint density at radius 2 is 2.33 bits per heavy atom. The molecule has 15 heavy (non-hydrogen) atoms. The second-order valence-electron chi connectivity index (χ2n) is 3.07. The van der Waals surface area contributed by atoms with Crippen LogP contribution in [-0.2, 0) is 0 Å². The van der Waals surface area contributed by atoms with Crippen molar-refractivity contribution in [3.63, 3.8) is 0 Å². The number of oxime groups is 1. The van der Waals surface area contributed by atoms with E-state index >= 15 is 0 Å². The van der Waals surface area contributed by atoms with Crippen LogP contribution in [0.3, 0.4) is 0 Å². The van der Waals surface area contributed by atoms with Crippen molar-refractivity contribution in [1.82, 2.24) is 4.98 Å². The molecule has 1 aromatic heterocycles. The van der Waals surface area contributed by atoms with E-state index < -0.39 is 0 Å². The number of para-hydroxylation sites is 1. The van der Waals surface area contributed by atoms with Gasteiger partial charge in [0.1, 0.15) is 0 Å². The van der Waals surface area contributed by atoms with Gasteiger partial charge in [-0.3, -0.25) is 0 Å². The van der Waals surface area contributed by atoms with E-state index in [1.807, 2.05) is 18.2 Å². The highest BCUT2D eigenvalue weighted by atomic mass is 32.2.